The van der Waals surface area contributed by atoms with Crippen molar-refractivity contribution in [3.63, 3.8) is 0 Å². The van der Waals surface area contributed by atoms with E-state index in [1.54, 1.807) is 29.6 Å². The minimum absolute atomic E-state index is 0.0473. The Morgan fingerprint density at radius 1 is 0.800 bits per heavy atom. The molecule has 0 unspecified atom stereocenters. The summed E-state index contributed by atoms with van der Waals surface area (Å²) in [6.07, 6.45) is 0.0473. The highest BCUT2D eigenvalue weighted by atomic mass is 32.1. The van der Waals surface area contributed by atoms with E-state index in [0.717, 1.165) is 42.6 Å². The van der Waals surface area contributed by atoms with Gasteiger partial charge in [-0.2, -0.15) is 0 Å². The lowest BCUT2D eigenvalue weighted by Crippen LogP contribution is -2.07. The molecule has 0 fully saturated rings. The lowest BCUT2D eigenvalue weighted by atomic mass is 9.97. The summed E-state index contributed by atoms with van der Waals surface area (Å²) in [7, 11) is 0. The van der Waals surface area contributed by atoms with Crippen molar-refractivity contribution in [1.82, 2.24) is 0 Å². The van der Waals surface area contributed by atoms with E-state index < -0.39 is 0 Å². The molecule has 0 bridgehead atoms. The first kappa shape index (κ1) is 25.2. The first-order chi connectivity index (χ1) is 16.6. The summed E-state index contributed by atoms with van der Waals surface area (Å²) in [6.45, 7) is 18.4. The number of thiophene rings is 2. The van der Waals surface area contributed by atoms with Crippen molar-refractivity contribution >= 4 is 34.0 Å². The number of hydrogen-bond donors (Lipinski definition) is 0. The van der Waals surface area contributed by atoms with Gasteiger partial charge in [-0.1, -0.05) is 36.9 Å². The molecule has 2 aromatic carbocycles. The summed E-state index contributed by atoms with van der Waals surface area (Å²) < 4.78 is 6.16. The van der Waals surface area contributed by atoms with E-state index in [2.05, 4.69) is 70.7 Å². The second kappa shape index (κ2) is 9.96. The first-order valence-electron chi connectivity index (χ1n) is 11.9. The van der Waals surface area contributed by atoms with Gasteiger partial charge in [0.15, 0.2) is 5.78 Å². The zero-order chi connectivity index (χ0) is 25.4. The molecule has 180 valence electrons. The van der Waals surface area contributed by atoms with Crippen LogP contribution in [0.25, 0.3) is 36.2 Å². The van der Waals surface area contributed by atoms with Crippen molar-refractivity contribution in [3.8, 4) is 36.4 Å². The lowest BCUT2D eigenvalue weighted by molar-refractivity contribution is 0.101. The summed E-state index contributed by atoms with van der Waals surface area (Å²) in [5, 5.41) is 0. The average molecular weight is 501 g/mol. The fraction of sp³-hybridized carbons (Fsp3) is 0.258. The Labute approximate surface area is 216 Å². The Kier molecular flexibility index (Phi) is 7.16. The molecule has 0 atom stereocenters. The number of aryl methyl sites for hydroxylation is 3. The van der Waals surface area contributed by atoms with Crippen LogP contribution in [0.4, 0.5) is 0 Å². The highest BCUT2D eigenvalue weighted by Crippen LogP contribution is 2.48. The molecular formula is C31H32O2S2. The molecule has 0 aliphatic heterocycles. The summed E-state index contributed by atoms with van der Waals surface area (Å²) in [5.74, 6) is 0.883. The maximum absolute atomic E-state index is 12.8. The van der Waals surface area contributed by atoms with Gasteiger partial charge in [-0.15, -0.1) is 22.7 Å². The molecule has 4 aromatic rings. The molecule has 0 aliphatic rings. The number of carbonyl (C=O) groups is 1. The third kappa shape index (κ3) is 4.91. The standard InChI is InChI=1S/C31H32O2S2/c1-17(2)23-15-26(34-30(23)28-19(5)11-9-12-20(28)6)27-16-24(22(8)32)31(35-27)29-21(7)13-10-14-25(29)33-18(3)4/h9-16,18H,1H2,2-8H3. The molecule has 0 N–H and O–H groups in total. The third-order valence-electron chi connectivity index (χ3n) is 6.08. The van der Waals surface area contributed by atoms with Crippen LogP contribution in [0.1, 0.15) is 60.3 Å². The molecule has 2 heterocycles. The van der Waals surface area contributed by atoms with Crippen molar-refractivity contribution in [3.05, 3.63) is 82.9 Å². The van der Waals surface area contributed by atoms with Crippen molar-refractivity contribution in [2.75, 3.05) is 0 Å². The number of allylic oxidation sites excluding steroid dienone is 1. The van der Waals surface area contributed by atoms with E-state index in [0.29, 0.717) is 0 Å². The van der Waals surface area contributed by atoms with E-state index in [1.807, 2.05) is 26.0 Å². The molecule has 0 saturated heterocycles. The van der Waals surface area contributed by atoms with Crippen LogP contribution >= 0.6 is 22.7 Å². The topological polar surface area (TPSA) is 26.3 Å². The summed E-state index contributed by atoms with van der Waals surface area (Å²) in [6, 6.07) is 16.8. The van der Waals surface area contributed by atoms with Gasteiger partial charge < -0.3 is 4.74 Å². The number of benzene rings is 2. The Morgan fingerprint density at radius 2 is 1.29 bits per heavy atom. The van der Waals surface area contributed by atoms with Gasteiger partial charge in [0.05, 0.1) is 6.10 Å². The molecule has 0 aliphatic carbocycles. The second-order valence-electron chi connectivity index (χ2n) is 9.42. The van der Waals surface area contributed by atoms with Crippen molar-refractivity contribution in [2.45, 2.75) is 54.6 Å². The number of rotatable bonds is 7. The van der Waals surface area contributed by atoms with Crippen LogP contribution in [0, 0.1) is 20.8 Å². The van der Waals surface area contributed by atoms with Crippen LogP contribution in [0.3, 0.4) is 0 Å². The van der Waals surface area contributed by atoms with Crippen LogP contribution < -0.4 is 4.74 Å². The molecule has 35 heavy (non-hydrogen) atoms. The van der Waals surface area contributed by atoms with E-state index >= 15 is 0 Å². The zero-order valence-corrected chi connectivity index (χ0v) is 23.2. The molecular weight excluding hydrogens is 468 g/mol. The van der Waals surface area contributed by atoms with Gasteiger partial charge in [-0.3, -0.25) is 4.79 Å². The van der Waals surface area contributed by atoms with Gasteiger partial charge >= 0.3 is 0 Å². The molecule has 0 spiro atoms. The van der Waals surface area contributed by atoms with E-state index in [4.69, 9.17) is 4.74 Å². The van der Waals surface area contributed by atoms with E-state index in [1.165, 1.54) is 27.1 Å². The van der Waals surface area contributed by atoms with Gasteiger partial charge in [0.2, 0.25) is 0 Å². The summed E-state index contributed by atoms with van der Waals surface area (Å²) >= 11 is 3.44. The van der Waals surface area contributed by atoms with Crippen molar-refractivity contribution < 1.29 is 9.53 Å². The molecule has 4 heteroatoms. The zero-order valence-electron chi connectivity index (χ0n) is 21.5. The van der Waals surface area contributed by atoms with Crippen LogP contribution in [0.15, 0.2) is 55.1 Å². The van der Waals surface area contributed by atoms with Gasteiger partial charge in [0, 0.05) is 30.6 Å². The molecule has 0 amide bonds. The van der Waals surface area contributed by atoms with Crippen LogP contribution in [-0.2, 0) is 0 Å². The van der Waals surface area contributed by atoms with Gasteiger partial charge in [0.25, 0.3) is 0 Å². The maximum atomic E-state index is 12.8. The normalized spacial score (nSPS) is 11.2. The number of hydrogen-bond acceptors (Lipinski definition) is 4. The summed E-state index contributed by atoms with van der Waals surface area (Å²) in [5.41, 5.74) is 8.85. The van der Waals surface area contributed by atoms with Gasteiger partial charge in [-0.05, 0) is 100 Å². The highest BCUT2D eigenvalue weighted by molar-refractivity contribution is 7.25. The van der Waals surface area contributed by atoms with Crippen LogP contribution in [-0.4, -0.2) is 11.9 Å². The molecule has 4 rings (SSSR count). The third-order valence-corrected chi connectivity index (χ3v) is 8.58. The number of ketones is 1. The Balaban J connectivity index is 1.93. The quantitative estimate of drug-likeness (QED) is 0.236. The molecule has 2 aromatic heterocycles. The predicted octanol–water partition coefficient (Wildman–Crippen LogP) is 9.76. The van der Waals surface area contributed by atoms with Crippen molar-refractivity contribution in [1.29, 1.82) is 0 Å². The Bertz CT molecular complexity index is 1410. The first-order valence-corrected chi connectivity index (χ1v) is 13.5. The minimum Gasteiger partial charge on any atom is -0.490 e. The smallest absolute Gasteiger partial charge is 0.161 e. The van der Waals surface area contributed by atoms with Gasteiger partial charge in [-0.25, -0.2) is 0 Å². The fourth-order valence-electron chi connectivity index (χ4n) is 4.43. The largest absolute Gasteiger partial charge is 0.490 e. The molecule has 0 saturated carbocycles. The average Bonchev–Trinajstić information content (AvgIpc) is 3.38. The number of ether oxygens (including phenoxy) is 1. The molecule has 0 radical (unpaired) electrons. The summed E-state index contributed by atoms with van der Waals surface area (Å²) in [4.78, 5) is 17.2. The minimum atomic E-state index is 0.0473. The molecule has 2 nitrogen and oxygen atoms in total. The Morgan fingerprint density at radius 3 is 1.80 bits per heavy atom. The monoisotopic (exact) mass is 500 g/mol. The van der Waals surface area contributed by atoms with Gasteiger partial charge in [0.1, 0.15) is 5.75 Å². The fourth-order valence-corrected chi connectivity index (χ4v) is 7.24. The Hall–Kier alpha value is -2.95. The van der Waals surface area contributed by atoms with E-state index in [-0.39, 0.29) is 11.9 Å². The van der Waals surface area contributed by atoms with Crippen LogP contribution in [0.5, 0.6) is 5.75 Å². The number of carbonyl (C=O) groups excluding carboxylic acids is 1. The number of Topliss-reactive ketones (excluding diaryl/α,β-unsaturated/α-hetero) is 1. The second-order valence-corrected chi connectivity index (χ2v) is 11.5. The predicted molar refractivity (Wildman–Crippen MR) is 153 cm³/mol. The lowest BCUT2D eigenvalue weighted by Gasteiger charge is -2.16. The van der Waals surface area contributed by atoms with E-state index in [9.17, 15) is 4.79 Å². The SMILES string of the molecule is C=C(C)c1cc(-c2cc(C(C)=O)c(-c3c(C)cccc3OC(C)C)s2)sc1-c1c(C)cccc1C. The highest BCUT2D eigenvalue weighted by Gasteiger charge is 2.23. The van der Waals surface area contributed by atoms with Crippen LogP contribution in [0.2, 0.25) is 0 Å². The maximum Gasteiger partial charge on any atom is 0.161 e. The van der Waals surface area contributed by atoms with Crippen molar-refractivity contribution in [2.24, 2.45) is 0 Å².